The average Bonchev–Trinajstić information content (AvgIpc) is 1.83. The van der Waals surface area contributed by atoms with E-state index in [9.17, 15) is 13.2 Å². The molecular weight excluding hydrogens is 181 g/mol. The lowest BCUT2D eigenvalue weighted by atomic mass is 10.1. The number of hydrogen-bond acceptors (Lipinski definition) is 1. The van der Waals surface area contributed by atoms with Crippen LogP contribution in [-0.2, 0) is 4.74 Å². The van der Waals surface area contributed by atoms with Crippen molar-refractivity contribution in [3.63, 3.8) is 0 Å². The summed E-state index contributed by atoms with van der Waals surface area (Å²) in [4.78, 5) is 0. The summed E-state index contributed by atoms with van der Waals surface area (Å²) >= 11 is 0. The van der Waals surface area contributed by atoms with E-state index in [-0.39, 0.29) is 11.7 Å². The number of alkyl halides is 3. The maximum absolute atomic E-state index is 12.3. The predicted molar refractivity (Wildman–Crippen MR) is 45.2 cm³/mol. The molecule has 0 rings (SSSR count). The summed E-state index contributed by atoms with van der Waals surface area (Å²) in [5.41, 5.74) is -2.16. The first-order valence-corrected chi connectivity index (χ1v) is 4.02. The Morgan fingerprint density at radius 3 is 1.85 bits per heavy atom. The van der Waals surface area contributed by atoms with Crippen molar-refractivity contribution in [2.75, 3.05) is 0 Å². The fraction of sp³-hybridized carbons (Fsp3) is 0.778. The van der Waals surface area contributed by atoms with Gasteiger partial charge in [-0.05, 0) is 13.8 Å². The van der Waals surface area contributed by atoms with Crippen molar-refractivity contribution in [2.24, 2.45) is 5.92 Å². The molecule has 1 nitrogen and oxygen atoms in total. The van der Waals surface area contributed by atoms with Crippen LogP contribution in [0.2, 0.25) is 0 Å². The fourth-order valence-electron chi connectivity index (χ4n) is 0.503. The standard InChI is InChI=1S/C9H15F3O/c1-6(2)7(3)13-8(4,5)9(10,11)12/h6H,3H2,1-2,4-5H3. The normalized spacial score (nSPS) is 13.2. The van der Waals surface area contributed by atoms with Crippen LogP contribution < -0.4 is 0 Å². The van der Waals surface area contributed by atoms with Crippen molar-refractivity contribution in [1.82, 2.24) is 0 Å². The first-order chi connectivity index (χ1) is 5.58. The van der Waals surface area contributed by atoms with Crippen molar-refractivity contribution >= 4 is 0 Å². The molecule has 0 saturated heterocycles. The summed E-state index contributed by atoms with van der Waals surface area (Å²) in [7, 11) is 0. The van der Waals surface area contributed by atoms with E-state index in [0.717, 1.165) is 13.8 Å². The monoisotopic (exact) mass is 196 g/mol. The lowest BCUT2D eigenvalue weighted by molar-refractivity contribution is -0.253. The zero-order valence-corrected chi connectivity index (χ0v) is 8.33. The lowest BCUT2D eigenvalue weighted by Crippen LogP contribution is -2.41. The van der Waals surface area contributed by atoms with Crippen molar-refractivity contribution in [3.05, 3.63) is 12.3 Å². The van der Waals surface area contributed by atoms with E-state index in [0.29, 0.717) is 0 Å². The van der Waals surface area contributed by atoms with Crippen LogP contribution in [0.4, 0.5) is 13.2 Å². The third-order valence-corrected chi connectivity index (χ3v) is 1.71. The van der Waals surface area contributed by atoms with Crippen LogP contribution in [0.3, 0.4) is 0 Å². The van der Waals surface area contributed by atoms with E-state index in [4.69, 9.17) is 4.74 Å². The maximum atomic E-state index is 12.3. The molecule has 0 aliphatic rings. The lowest BCUT2D eigenvalue weighted by Gasteiger charge is -2.30. The third kappa shape index (κ3) is 3.28. The maximum Gasteiger partial charge on any atom is 0.427 e. The molecule has 0 bridgehead atoms. The molecule has 0 N–H and O–H groups in total. The first kappa shape index (κ1) is 12.3. The number of hydrogen-bond donors (Lipinski definition) is 0. The summed E-state index contributed by atoms with van der Waals surface area (Å²) < 4.78 is 41.6. The minimum atomic E-state index is -4.37. The van der Waals surface area contributed by atoms with Gasteiger partial charge < -0.3 is 4.74 Å². The molecule has 0 atom stereocenters. The molecular formula is C9H15F3O. The molecule has 0 amide bonds. The van der Waals surface area contributed by atoms with Gasteiger partial charge in [-0.2, -0.15) is 13.2 Å². The van der Waals surface area contributed by atoms with E-state index in [1.807, 2.05) is 0 Å². The van der Waals surface area contributed by atoms with Gasteiger partial charge in [-0.15, -0.1) is 0 Å². The van der Waals surface area contributed by atoms with E-state index >= 15 is 0 Å². The van der Waals surface area contributed by atoms with Crippen molar-refractivity contribution in [2.45, 2.75) is 39.5 Å². The molecule has 0 saturated carbocycles. The van der Waals surface area contributed by atoms with Crippen molar-refractivity contribution in [1.29, 1.82) is 0 Å². The van der Waals surface area contributed by atoms with Gasteiger partial charge in [0, 0.05) is 5.92 Å². The molecule has 0 fully saturated rings. The molecule has 0 aromatic heterocycles. The summed E-state index contributed by atoms with van der Waals surface area (Å²) in [5.74, 6) is 0.0453. The van der Waals surface area contributed by atoms with Gasteiger partial charge in [0.1, 0.15) is 0 Å². The molecule has 0 radical (unpaired) electrons. The molecule has 78 valence electrons. The van der Waals surface area contributed by atoms with Crippen LogP contribution in [0.5, 0.6) is 0 Å². The highest BCUT2D eigenvalue weighted by Gasteiger charge is 2.50. The van der Waals surface area contributed by atoms with Gasteiger partial charge in [0.2, 0.25) is 0 Å². The quantitative estimate of drug-likeness (QED) is 0.627. The van der Waals surface area contributed by atoms with Crippen LogP contribution in [0.15, 0.2) is 12.3 Å². The topological polar surface area (TPSA) is 9.23 Å². The van der Waals surface area contributed by atoms with Gasteiger partial charge in [0.15, 0.2) is 5.60 Å². The largest absolute Gasteiger partial charge is 0.483 e. The van der Waals surface area contributed by atoms with Gasteiger partial charge in [0.05, 0.1) is 5.76 Å². The zero-order chi connectivity index (χ0) is 10.9. The van der Waals surface area contributed by atoms with Crippen LogP contribution in [0.1, 0.15) is 27.7 Å². The van der Waals surface area contributed by atoms with Crippen LogP contribution in [-0.4, -0.2) is 11.8 Å². The summed E-state index contributed by atoms with van der Waals surface area (Å²) in [6.07, 6.45) is -4.37. The Morgan fingerprint density at radius 1 is 1.23 bits per heavy atom. The highest BCUT2D eigenvalue weighted by molar-refractivity contribution is 4.92. The summed E-state index contributed by atoms with van der Waals surface area (Å²) in [5, 5.41) is 0. The highest BCUT2D eigenvalue weighted by atomic mass is 19.4. The molecule has 4 heteroatoms. The Kier molecular flexibility index (Phi) is 3.41. The number of rotatable bonds is 3. The third-order valence-electron chi connectivity index (χ3n) is 1.71. The fourth-order valence-corrected chi connectivity index (χ4v) is 0.503. The Bertz CT molecular complexity index is 192. The molecule has 0 aromatic rings. The van der Waals surface area contributed by atoms with Crippen LogP contribution in [0.25, 0.3) is 0 Å². The molecule has 0 aromatic carbocycles. The first-order valence-electron chi connectivity index (χ1n) is 4.02. The molecule has 0 aliphatic heterocycles. The Balaban J connectivity index is 4.44. The smallest absolute Gasteiger partial charge is 0.427 e. The number of halogens is 3. The minimum absolute atomic E-state index is 0.110. The van der Waals surface area contributed by atoms with Gasteiger partial charge in [-0.3, -0.25) is 0 Å². The van der Waals surface area contributed by atoms with Crippen LogP contribution in [0, 0.1) is 5.92 Å². The van der Waals surface area contributed by atoms with Gasteiger partial charge in [0.25, 0.3) is 0 Å². The van der Waals surface area contributed by atoms with Crippen LogP contribution >= 0.6 is 0 Å². The number of allylic oxidation sites excluding steroid dienone is 1. The average molecular weight is 196 g/mol. The zero-order valence-electron chi connectivity index (χ0n) is 8.33. The second-order valence-electron chi connectivity index (χ2n) is 3.73. The van der Waals surface area contributed by atoms with E-state index < -0.39 is 11.8 Å². The second-order valence-corrected chi connectivity index (χ2v) is 3.73. The minimum Gasteiger partial charge on any atom is -0.483 e. The van der Waals surface area contributed by atoms with Gasteiger partial charge >= 0.3 is 6.18 Å². The Labute approximate surface area is 76.6 Å². The number of ether oxygens (including phenoxy) is 1. The molecule has 0 heterocycles. The van der Waals surface area contributed by atoms with Gasteiger partial charge in [-0.1, -0.05) is 20.4 Å². The van der Waals surface area contributed by atoms with E-state index in [2.05, 4.69) is 6.58 Å². The second kappa shape index (κ2) is 3.60. The van der Waals surface area contributed by atoms with Crippen molar-refractivity contribution < 1.29 is 17.9 Å². The predicted octanol–water partition coefficient (Wildman–Crippen LogP) is 3.51. The SMILES string of the molecule is C=C(OC(C)(C)C(F)(F)F)C(C)C. The Morgan fingerprint density at radius 2 is 1.62 bits per heavy atom. The van der Waals surface area contributed by atoms with Crippen molar-refractivity contribution in [3.8, 4) is 0 Å². The van der Waals surface area contributed by atoms with Gasteiger partial charge in [-0.25, -0.2) is 0 Å². The summed E-state index contributed by atoms with van der Waals surface area (Å²) in [6, 6.07) is 0. The molecule has 0 aliphatic carbocycles. The van der Waals surface area contributed by atoms with E-state index in [1.54, 1.807) is 13.8 Å². The highest BCUT2D eigenvalue weighted by Crippen LogP contribution is 2.35. The van der Waals surface area contributed by atoms with E-state index in [1.165, 1.54) is 0 Å². The Hall–Kier alpha value is -0.670. The molecule has 13 heavy (non-hydrogen) atoms. The molecule has 0 unspecified atom stereocenters. The molecule has 0 spiro atoms. The summed E-state index contributed by atoms with van der Waals surface area (Å²) in [6.45, 7) is 8.87.